The van der Waals surface area contributed by atoms with Gasteiger partial charge in [0, 0.05) is 22.7 Å². The number of rotatable bonds is 7. The number of hydrogen-bond donors (Lipinski definition) is 1. The fourth-order valence-corrected chi connectivity index (χ4v) is 4.74. The van der Waals surface area contributed by atoms with Crippen LogP contribution >= 0.6 is 23.1 Å². The van der Waals surface area contributed by atoms with E-state index in [0.717, 1.165) is 30.7 Å². The molecule has 2 aromatic rings. The average molecular weight is 361 g/mol. The topological polar surface area (TPSA) is 42.0 Å². The van der Waals surface area contributed by atoms with Gasteiger partial charge in [-0.3, -0.25) is 4.79 Å². The van der Waals surface area contributed by atoms with E-state index in [0.29, 0.717) is 5.75 Å². The summed E-state index contributed by atoms with van der Waals surface area (Å²) in [6.45, 7) is 2.80. The molecule has 1 aliphatic rings. The molecule has 0 fully saturated rings. The molecule has 1 aromatic heterocycles. The minimum absolute atomic E-state index is 0.110. The number of aryl methyl sites for hydroxylation is 4. The zero-order chi connectivity index (χ0) is 16.8. The van der Waals surface area contributed by atoms with Gasteiger partial charge >= 0.3 is 0 Å². The quantitative estimate of drug-likeness (QED) is 0.595. The standard InChI is InChI=1S/C19H24N2OS2/c1-14-8-10-15(11-9-14)23-13-18(22)20-12-4-7-19-21-16-5-2-3-6-17(16)24-19/h8-11H,2-7,12-13H2,1H3,(H,20,22). The van der Waals surface area contributed by atoms with E-state index in [1.54, 1.807) is 11.8 Å². The van der Waals surface area contributed by atoms with E-state index in [1.807, 2.05) is 11.3 Å². The molecule has 0 radical (unpaired) electrons. The number of thioether (sulfide) groups is 1. The number of thiazole rings is 1. The van der Waals surface area contributed by atoms with Gasteiger partial charge in [-0.1, -0.05) is 17.7 Å². The number of carbonyl (C=O) groups is 1. The van der Waals surface area contributed by atoms with Gasteiger partial charge in [-0.05, 0) is 51.2 Å². The lowest BCUT2D eigenvalue weighted by Crippen LogP contribution is -2.26. The zero-order valence-corrected chi connectivity index (χ0v) is 15.8. The van der Waals surface area contributed by atoms with Crippen LogP contribution in [-0.2, 0) is 24.1 Å². The Kier molecular flexibility index (Phi) is 6.32. The molecule has 1 amide bonds. The maximum atomic E-state index is 11.9. The molecule has 3 rings (SSSR count). The molecule has 128 valence electrons. The Morgan fingerprint density at radius 2 is 2.04 bits per heavy atom. The Morgan fingerprint density at radius 1 is 1.25 bits per heavy atom. The molecule has 0 unspecified atom stereocenters. The molecule has 1 aliphatic carbocycles. The number of hydrogen-bond acceptors (Lipinski definition) is 4. The van der Waals surface area contributed by atoms with Crippen LogP contribution in [0, 0.1) is 6.92 Å². The van der Waals surface area contributed by atoms with Crippen LogP contribution in [0.1, 0.15) is 40.4 Å². The van der Waals surface area contributed by atoms with Crippen molar-refractivity contribution < 1.29 is 4.79 Å². The normalized spacial score (nSPS) is 13.5. The molecular weight excluding hydrogens is 336 g/mol. The number of nitrogens with one attached hydrogen (secondary N) is 1. The van der Waals surface area contributed by atoms with Crippen molar-refractivity contribution in [2.45, 2.75) is 50.3 Å². The number of carbonyl (C=O) groups excluding carboxylic acids is 1. The summed E-state index contributed by atoms with van der Waals surface area (Å²) in [6.07, 6.45) is 6.89. The van der Waals surface area contributed by atoms with E-state index in [1.165, 1.54) is 40.4 Å². The van der Waals surface area contributed by atoms with Crippen LogP contribution in [0.15, 0.2) is 29.2 Å². The minimum atomic E-state index is 0.110. The molecule has 3 nitrogen and oxygen atoms in total. The predicted molar refractivity (Wildman–Crippen MR) is 102 cm³/mol. The van der Waals surface area contributed by atoms with Crippen LogP contribution in [0.25, 0.3) is 0 Å². The summed E-state index contributed by atoms with van der Waals surface area (Å²) in [7, 11) is 0. The van der Waals surface area contributed by atoms with Gasteiger partial charge in [0.15, 0.2) is 0 Å². The van der Waals surface area contributed by atoms with Gasteiger partial charge in [-0.25, -0.2) is 4.98 Å². The van der Waals surface area contributed by atoms with Gasteiger partial charge < -0.3 is 5.32 Å². The van der Waals surface area contributed by atoms with Crippen molar-refractivity contribution in [2.75, 3.05) is 12.3 Å². The second-order valence-electron chi connectivity index (χ2n) is 6.24. The lowest BCUT2D eigenvalue weighted by Gasteiger charge is -2.06. The third-order valence-corrected chi connectivity index (χ3v) is 6.40. The van der Waals surface area contributed by atoms with E-state index in [-0.39, 0.29) is 5.91 Å². The van der Waals surface area contributed by atoms with Crippen molar-refractivity contribution in [2.24, 2.45) is 0 Å². The van der Waals surface area contributed by atoms with Crippen molar-refractivity contribution in [1.29, 1.82) is 0 Å². The first-order valence-electron chi connectivity index (χ1n) is 8.64. The average Bonchev–Trinajstić information content (AvgIpc) is 3.01. The van der Waals surface area contributed by atoms with Gasteiger partial charge in [0.05, 0.1) is 16.5 Å². The van der Waals surface area contributed by atoms with Gasteiger partial charge in [0.2, 0.25) is 5.91 Å². The predicted octanol–water partition coefficient (Wildman–Crippen LogP) is 4.17. The van der Waals surface area contributed by atoms with Crippen LogP contribution in [-0.4, -0.2) is 23.2 Å². The zero-order valence-electron chi connectivity index (χ0n) is 14.1. The maximum absolute atomic E-state index is 11.9. The van der Waals surface area contributed by atoms with Gasteiger partial charge in [0.25, 0.3) is 0 Å². The Labute approximate surface area is 152 Å². The molecule has 0 saturated carbocycles. The highest BCUT2D eigenvalue weighted by Gasteiger charge is 2.14. The third-order valence-electron chi connectivity index (χ3n) is 4.17. The monoisotopic (exact) mass is 360 g/mol. The highest BCUT2D eigenvalue weighted by Crippen LogP contribution is 2.27. The maximum Gasteiger partial charge on any atom is 0.230 e. The van der Waals surface area contributed by atoms with Crippen LogP contribution in [0.5, 0.6) is 0 Å². The SMILES string of the molecule is Cc1ccc(SCC(=O)NCCCc2nc3c(s2)CCCC3)cc1. The van der Waals surface area contributed by atoms with Gasteiger partial charge in [0.1, 0.15) is 0 Å². The fourth-order valence-electron chi connectivity index (χ4n) is 2.81. The molecule has 0 saturated heterocycles. The van der Waals surface area contributed by atoms with Crippen molar-refractivity contribution >= 4 is 29.0 Å². The Bertz CT molecular complexity index is 656. The molecule has 0 spiro atoms. The number of aromatic nitrogens is 1. The molecule has 5 heteroatoms. The van der Waals surface area contributed by atoms with E-state index in [4.69, 9.17) is 4.98 Å². The van der Waals surface area contributed by atoms with Gasteiger partial charge in [-0.2, -0.15) is 0 Å². The lowest BCUT2D eigenvalue weighted by atomic mass is 10.0. The largest absolute Gasteiger partial charge is 0.355 e. The summed E-state index contributed by atoms with van der Waals surface area (Å²) in [5.74, 6) is 0.591. The summed E-state index contributed by atoms with van der Waals surface area (Å²) in [6, 6.07) is 8.29. The van der Waals surface area contributed by atoms with Gasteiger partial charge in [-0.15, -0.1) is 23.1 Å². The molecule has 1 aromatic carbocycles. The molecule has 0 aliphatic heterocycles. The van der Waals surface area contributed by atoms with Crippen LogP contribution in [0.4, 0.5) is 0 Å². The molecule has 0 bridgehead atoms. The summed E-state index contributed by atoms with van der Waals surface area (Å²) >= 11 is 3.46. The van der Waals surface area contributed by atoms with Crippen molar-refractivity contribution in [3.8, 4) is 0 Å². The van der Waals surface area contributed by atoms with E-state index >= 15 is 0 Å². The minimum Gasteiger partial charge on any atom is -0.355 e. The summed E-state index contributed by atoms with van der Waals surface area (Å²) < 4.78 is 0. The van der Waals surface area contributed by atoms with Crippen molar-refractivity contribution in [3.63, 3.8) is 0 Å². The second kappa shape index (κ2) is 8.67. The van der Waals surface area contributed by atoms with Crippen LogP contribution in [0.3, 0.4) is 0 Å². The molecule has 1 N–H and O–H groups in total. The number of nitrogens with zero attached hydrogens (tertiary/aromatic N) is 1. The third kappa shape index (κ3) is 5.08. The molecular formula is C19H24N2OS2. The first-order valence-corrected chi connectivity index (χ1v) is 10.4. The molecule has 1 heterocycles. The molecule has 0 atom stereocenters. The van der Waals surface area contributed by atoms with Crippen LogP contribution < -0.4 is 5.32 Å². The van der Waals surface area contributed by atoms with E-state index < -0.39 is 0 Å². The fraction of sp³-hybridized carbons (Fsp3) is 0.474. The number of fused-ring (bicyclic) bond motifs is 1. The Hall–Kier alpha value is -1.33. The highest BCUT2D eigenvalue weighted by molar-refractivity contribution is 8.00. The van der Waals surface area contributed by atoms with E-state index in [2.05, 4.69) is 36.5 Å². The van der Waals surface area contributed by atoms with E-state index in [9.17, 15) is 4.79 Å². The van der Waals surface area contributed by atoms with Crippen molar-refractivity contribution in [3.05, 3.63) is 45.4 Å². The Morgan fingerprint density at radius 3 is 2.83 bits per heavy atom. The number of benzene rings is 1. The molecule has 24 heavy (non-hydrogen) atoms. The van der Waals surface area contributed by atoms with Crippen molar-refractivity contribution in [1.82, 2.24) is 10.3 Å². The first kappa shape index (κ1) is 17.5. The second-order valence-corrected chi connectivity index (χ2v) is 8.46. The van der Waals surface area contributed by atoms with Crippen LogP contribution in [0.2, 0.25) is 0 Å². The summed E-state index contributed by atoms with van der Waals surface area (Å²) in [4.78, 5) is 19.3. The number of amides is 1. The summed E-state index contributed by atoms with van der Waals surface area (Å²) in [5, 5.41) is 4.25. The Balaban J connectivity index is 1.33. The highest BCUT2D eigenvalue weighted by atomic mass is 32.2. The summed E-state index contributed by atoms with van der Waals surface area (Å²) in [5.41, 5.74) is 2.58. The first-order chi connectivity index (χ1) is 11.7. The smallest absolute Gasteiger partial charge is 0.230 e. The lowest BCUT2D eigenvalue weighted by molar-refractivity contribution is -0.118.